The summed E-state index contributed by atoms with van der Waals surface area (Å²) in [7, 11) is 0. The smallest absolute Gasteiger partial charge is 0.351 e. The van der Waals surface area contributed by atoms with Gasteiger partial charge in [-0.3, -0.25) is 4.79 Å². The fourth-order valence-corrected chi connectivity index (χ4v) is 2.73. The molecule has 1 aliphatic rings. The van der Waals surface area contributed by atoms with Crippen molar-refractivity contribution in [3.8, 4) is 0 Å². The number of nitrogens with one attached hydrogen (secondary N) is 1. The first-order valence-corrected chi connectivity index (χ1v) is 7.54. The fourth-order valence-electron chi connectivity index (χ4n) is 2.30. The van der Waals surface area contributed by atoms with Gasteiger partial charge in [0.15, 0.2) is 0 Å². The molecule has 0 spiro atoms. The molecule has 21 heavy (non-hydrogen) atoms. The van der Waals surface area contributed by atoms with Gasteiger partial charge in [-0.15, -0.1) is 0 Å². The predicted octanol–water partition coefficient (Wildman–Crippen LogP) is 3.29. The van der Waals surface area contributed by atoms with Crippen molar-refractivity contribution >= 4 is 21.8 Å². The zero-order chi connectivity index (χ0) is 15.5. The molecule has 0 atom stereocenters. The summed E-state index contributed by atoms with van der Waals surface area (Å²) < 4.78 is 38.4. The molecular weight excluding hydrogens is 349 g/mol. The van der Waals surface area contributed by atoms with Crippen molar-refractivity contribution in [2.24, 2.45) is 0 Å². The SMILES string of the molecule is O=C(NCCN1CCCC1)c1cc(C(F)(F)F)ccc1Br. The Morgan fingerprint density at radius 3 is 2.57 bits per heavy atom. The van der Waals surface area contributed by atoms with Crippen LogP contribution in [0.2, 0.25) is 0 Å². The summed E-state index contributed by atoms with van der Waals surface area (Å²) in [5.74, 6) is -0.493. The summed E-state index contributed by atoms with van der Waals surface area (Å²) >= 11 is 3.12. The number of hydrogen-bond donors (Lipinski definition) is 1. The Labute approximate surface area is 129 Å². The van der Waals surface area contributed by atoms with Gasteiger partial charge in [0, 0.05) is 17.6 Å². The Hall–Kier alpha value is -1.08. The number of nitrogens with zero attached hydrogens (tertiary/aromatic N) is 1. The lowest BCUT2D eigenvalue weighted by Crippen LogP contribution is -2.33. The van der Waals surface area contributed by atoms with Crippen molar-refractivity contribution in [1.82, 2.24) is 10.2 Å². The van der Waals surface area contributed by atoms with Crippen LogP contribution in [-0.4, -0.2) is 37.0 Å². The topological polar surface area (TPSA) is 32.3 Å². The molecule has 2 rings (SSSR count). The number of halogens is 4. The number of hydrogen-bond acceptors (Lipinski definition) is 2. The maximum Gasteiger partial charge on any atom is 0.416 e. The van der Waals surface area contributed by atoms with Gasteiger partial charge in [-0.05, 0) is 60.1 Å². The van der Waals surface area contributed by atoms with E-state index in [-0.39, 0.29) is 5.56 Å². The summed E-state index contributed by atoms with van der Waals surface area (Å²) in [6.45, 7) is 3.19. The van der Waals surface area contributed by atoms with Crippen LogP contribution < -0.4 is 5.32 Å². The minimum atomic E-state index is -4.45. The normalized spacial score (nSPS) is 16.2. The molecule has 116 valence electrons. The van der Waals surface area contributed by atoms with Crippen LogP contribution in [0.1, 0.15) is 28.8 Å². The van der Waals surface area contributed by atoms with E-state index >= 15 is 0 Å². The van der Waals surface area contributed by atoms with Gasteiger partial charge >= 0.3 is 6.18 Å². The quantitative estimate of drug-likeness (QED) is 0.888. The van der Waals surface area contributed by atoms with Crippen molar-refractivity contribution in [2.75, 3.05) is 26.2 Å². The molecule has 1 amide bonds. The standard InChI is InChI=1S/C14H16BrF3N2O/c15-12-4-3-10(14(16,17)18)9-11(12)13(21)19-5-8-20-6-1-2-7-20/h3-4,9H,1-2,5-8H2,(H,19,21). The van der Waals surface area contributed by atoms with E-state index in [0.717, 1.165) is 44.6 Å². The van der Waals surface area contributed by atoms with E-state index in [4.69, 9.17) is 0 Å². The van der Waals surface area contributed by atoms with E-state index in [1.54, 1.807) is 0 Å². The lowest BCUT2D eigenvalue weighted by Gasteiger charge is -2.15. The number of amides is 1. The Morgan fingerprint density at radius 2 is 1.95 bits per heavy atom. The monoisotopic (exact) mass is 364 g/mol. The zero-order valence-corrected chi connectivity index (χ0v) is 12.9. The molecule has 1 aliphatic heterocycles. The van der Waals surface area contributed by atoms with Crippen LogP contribution in [0.15, 0.2) is 22.7 Å². The van der Waals surface area contributed by atoms with Crippen molar-refractivity contribution in [2.45, 2.75) is 19.0 Å². The van der Waals surface area contributed by atoms with Gasteiger partial charge in [0.2, 0.25) is 0 Å². The zero-order valence-electron chi connectivity index (χ0n) is 11.3. The van der Waals surface area contributed by atoms with E-state index in [0.29, 0.717) is 11.0 Å². The van der Waals surface area contributed by atoms with Crippen LogP contribution in [-0.2, 0) is 6.18 Å². The average molecular weight is 365 g/mol. The number of carbonyl (C=O) groups is 1. The predicted molar refractivity (Wildman–Crippen MR) is 77.2 cm³/mol. The number of carbonyl (C=O) groups excluding carboxylic acids is 1. The van der Waals surface area contributed by atoms with E-state index in [9.17, 15) is 18.0 Å². The van der Waals surface area contributed by atoms with Crippen LogP contribution in [0, 0.1) is 0 Å². The molecule has 0 bridgehead atoms. The first-order chi connectivity index (χ1) is 9.88. The average Bonchev–Trinajstić information content (AvgIpc) is 2.91. The molecule has 7 heteroatoms. The minimum Gasteiger partial charge on any atom is -0.351 e. The van der Waals surface area contributed by atoms with E-state index in [1.165, 1.54) is 6.07 Å². The lowest BCUT2D eigenvalue weighted by atomic mass is 10.1. The molecule has 3 nitrogen and oxygen atoms in total. The van der Waals surface area contributed by atoms with Gasteiger partial charge in [0.25, 0.3) is 5.91 Å². The largest absolute Gasteiger partial charge is 0.416 e. The molecule has 1 aromatic rings. The molecule has 1 saturated heterocycles. The maximum atomic E-state index is 12.7. The Morgan fingerprint density at radius 1 is 1.29 bits per heavy atom. The Kier molecular flexibility index (Phi) is 5.27. The summed E-state index contributed by atoms with van der Waals surface area (Å²) in [6, 6.07) is 3.07. The third-order valence-corrected chi connectivity index (χ3v) is 4.14. The number of rotatable bonds is 4. The number of likely N-dealkylation sites (tertiary alicyclic amines) is 1. The third kappa shape index (κ3) is 4.44. The second-order valence-corrected chi connectivity index (χ2v) is 5.85. The van der Waals surface area contributed by atoms with Crippen LogP contribution in [0.3, 0.4) is 0 Å². The molecule has 1 N–H and O–H groups in total. The fraction of sp³-hybridized carbons (Fsp3) is 0.500. The van der Waals surface area contributed by atoms with Gasteiger partial charge < -0.3 is 10.2 Å². The van der Waals surface area contributed by atoms with Crippen LogP contribution in [0.25, 0.3) is 0 Å². The van der Waals surface area contributed by atoms with E-state index < -0.39 is 17.6 Å². The van der Waals surface area contributed by atoms with Gasteiger partial charge in [0.1, 0.15) is 0 Å². The molecule has 0 aliphatic carbocycles. The second kappa shape index (κ2) is 6.79. The van der Waals surface area contributed by atoms with Crippen molar-refractivity contribution in [1.29, 1.82) is 0 Å². The third-order valence-electron chi connectivity index (χ3n) is 3.45. The van der Waals surface area contributed by atoms with Gasteiger partial charge in [-0.2, -0.15) is 13.2 Å². The van der Waals surface area contributed by atoms with Crippen LogP contribution in [0.5, 0.6) is 0 Å². The molecule has 0 radical (unpaired) electrons. The van der Waals surface area contributed by atoms with Gasteiger partial charge in [-0.1, -0.05) is 0 Å². The minimum absolute atomic E-state index is 0.00578. The highest BCUT2D eigenvalue weighted by Gasteiger charge is 2.31. The van der Waals surface area contributed by atoms with Crippen LogP contribution in [0.4, 0.5) is 13.2 Å². The van der Waals surface area contributed by atoms with Gasteiger partial charge in [0.05, 0.1) is 11.1 Å². The molecule has 1 aromatic carbocycles. The lowest BCUT2D eigenvalue weighted by molar-refractivity contribution is -0.137. The summed E-state index contributed by atoms with van der Waals surface area (Å²) in [5, 5.41) is 2.67. The second-order valence-electron chi connectivity index (χ2n) is 5.00. The maximum absolute atomic E-state index is 12.7. The Bertz CT molecular complexity index is 513. The molecule has 1 fully saturated rings. The molecule has 1 heterocycles. The first kappa shape index (κ1) is 16.3. The Balaban J connectivity index is 1.97. The highest BCUT2D eigenvalue weighted by atomic mass is 79.9. The van der Waals surface area contributed by atoms with Crippen LogP contribution >= 0.6 is 15.9 Å². The van der Waals surface area contributed by atoms with Gasteiger partial charge in [-0.25, -0.2) is 0 Å². The van der Waals surface area contributed by atoms with Crippen molar-refractivity contribution in [3.05, 3.63) is 33.8 Å². The molecular formula is C14H16BrF3N2O. The summed E-state index contributed by atoms with van der Waals surface area (Å²) in [4.78, 5) is 14.2. The molecule has 0 unspecified atom stereocenters. The highest BCUT2D eigenvalue weighted by molar-refractivity contribution is 9.10. The highest BCUT2D eigenvalue weighted by Crippen LogP contribution is 2.31. The first-order valence-electron chi connectivity index (χ1n) is 6.75. The summed E-state index contributed by atoms with van der Waals surface area (Å²) in [5.41, 5.74) is -0.818. The van der Waals surface area contributed by atoms with Crippen molar-refractivity contribution < 1.29 is 18.0 Å². The van der Waals surface area contributed by atoms with E-state index in [1.807, 2.05) is 0 Å². The van der Waals surface area contributed by atoms with E-state index in [2.05, 4.69) is 26.1 Å². The number of alkyl halides is 3. The number of benzene rings is 1. The molecule has 0 saturated carbocycles. The molecule has 0 aromatic heterocycles. The summed E-state index contributed by atoms with van der Waals surface area (Å²) in [6.07, 6.45) is -2.13. The van der Waals surface area contributed by atoms with Crippen molar-refractivity contribution in [3.63, 3.8) is 0 Å².